The molecule has 1 aromatic rings. The fraction of sp³-hybridized carbons (Fsp3) is 0.429. The Kier molecular flexibility index (Phi) is 2.39. The monoisotopic (exact) mass is 228 g/mol. The molecule has 0 radical (unpaired) electrons. The zero-order valence-electron chi connectivity index (χ0n) is 7.34. The van der Waals surface area contributed by atoms with Crippen molar-refractivity contribution in [3.63, 3.8) is 0 Å². The van der Waals surface area contributed by atoms with Crippen molar-refractivity contribution in [3.05, 3.63) is 17.6 Å². The zero-order valence-corrected chi connectivity index (χ0v) is 8.16. The molecule has 0 aromatic carbocycles. The van der Waals surface area contributed by atoms with Crippen molar-refractivity contribution in [2.75, 3.05) is 6.26 Å². The number of furan rings is 1. The molecule has 0 aliphatic carbocycles. The van der Waals surface area contributed by atoms with E-state index in [1.54, 1.807) is 0 Å². The molecule has 0 saturated heterocycles. The molecular weight excluding hydrogens is 221 g/mol. The fourth-order valence-corrected chi connectivity index (χ4v) is 1.84. The van der Waals surface area contributed by atoms with Crippen LogP contribution in [-0.4, -0.2) is 14.7 Å². The lowest BCUT2D eigenvalue weighted by Gasteiger charge is -2.03. The Balaban J connectivity index is 3.46. The summed E-state index contributed by atoms with van der Waals surface area (Å²) in [7, 11) is -3.91. The first-order chi connectivity index (χ1) is 6.12. The Hall–Kier alpha value is -0.980. The zero-order chi connectivity index (χ0) is 11.1. The van der Waals surface area contributed by atoms with E-state index in [2.05, 4.69) is 4.42 Å². The molecule has 14 heavy (non-hydrogen) atoms. The lowest BCUT2D eigenvalue weighted by Crippen LogP contribution is -2.09. The van der Waals surface area contributed by atoms with Gasteiger partial charge in [0.1, 0.15) is 10.7 Å². The molecule has 0 amide bonds. The lowest BCUT2D eigenvalue weighted by atomic mass is 10.4. The van der Waals surface area contributed by atoms with Crippen LogP contribution in [0.1, 0.15) is 11.5 Å². The second-order valence-corrected chi connectivity index (χ2v) is 4.80. The summed E-state index contributed by atoms with van der Waals surface area (Å²) in [5.41, 5.74) is 0. The largest absolute Gasteiger partial charge is 0.455 e. The Morgan fingerprint density at radius 2 is 1.86 bits per heavy atom. The van der Waals surface area contributed by atoms with Crippen molar-refractivity contribution < 1.29 is 26.0 Å². The summed E-state index contributed by atoms with van der Waals surface area (Å²) in [6.45, 7) is 1.25. The minimum atomic E-state index is -4.79. The number of alkyl halides is 3. The van der Waals surface area contributed by atoms with Gasteiger partial charge in [-0.2, -0.15) is 13.2 Å². The van der Waals surface area contributed by atoms with E-state index in [1.165, 1.54) is 6.92 Å². The van der Waals surface area contributed by atoms with Gasteiger partial charge in [-0.25, -0.2) is 8.42 Å². The molecule has 0 fully saturated rings. The molecular formula is C7H7F3O3S. The molecule has 0 atom stereocenters. The van der Waals surface area contributed by atoms with Crippen LogP contribution in [0, 0.1) is 6.92 Å². The Labute approximate surface area is 78.4 Å². The average Bonchev–Trinajstić information content (AvgIpc) is 2.27. The van der Waals surface area contributed by atoms with Crippen LogP contribution >= 0.6 is 0 Å². The van der Waals surface area contributed by atoms with Gasteiger partial charge in [0, 0.05) is 6.26 Å². The van der Waals surface area contributed by atoms with E-state index < -0.39 is 26.7 Å². The fourth-order valence-electron chi connectivity index (χ4n) is 0.964. The van der Waals surface area contributed by atoms with Gasteiger partial charge in [-0.05, 0) is 13.0 Å². The number of rotatable bonds is 1. The maximum Gasteiger partial charge on any atom is 0.450 e. The van der Waals surface area contributed by atoms with Crippen LogP contribution in [0.3, 0.4) is 0 Å². The van der Waals surface area contributed by atoms with Crippen molar-refractivity contribution in [2.24, 2.45) is 0 Å². The Morgan fingerprint density at radius 3 is 2.14 bits per heavy atom. The smallest absolute Gasteiger partial charge is 0.450 e. The quantitative estimate of drug-likeness (QED) is 0.738. The molecule has 0 spiro atoms. The normalized spacial score (nSPS) is 13.2. The third kappa shape index (κ3) is 2.09. The first-order valence-corrected chi connectivity index (χ1v) is 5.39. The second-order valence-electron chi connectivity index (χ2n) is 2.82. The SMILES string of the molecule is Cc1cc(S(C)(=O)=O)c(C(F)(F)F)o1. The highest BCUT2D eigenvalue weighted by atomic mass is 32.2. The highest BCUT2D eigenvalue weighted by Crippen LogP contribution is 2.36. The summed E-state index contributed by atoms with van der Waals surface area (Å²) in [6.07, 6.45) is -4.08. The summed E-state index contributed by atoms with van der Waals surface area (Å²) in [6, 6.07) is 0.859. The lowest BCUT2D eigenvalue weighted by molar-refractivity contribution is -0.155. The molecule has 0 bridgehead atoms. The van der Waals surface area contributed by atoms with Gasteiger partial charge in [0.25, 0.3) is 0 Å². The van der Waals surface area contributed by atoms with Crippen molar-refractivity contribution in [3.8, 4) is 0 Å². The van der Waals surface area contributed by atoms with E-state index in [0.29, 0.717) is 6.26 Å². The number of aryl methyl sites for hydroxylation is 1. The summed E-state index contributed by atoms with van der Waals surface area (Å²) in [5, 5.41) is 0. The number of sulfone groups is 1. The van der Waals surface area contributed by atoms with Crippen LogP contribution < -0.4 is 0 Å². The van der Waals surface area contributed by atoms with Crippen molar-refractivity contribution in [2.45, 2.75) is 18.0 Å². The topological polar surface area (TPSA) is 47.3 Å². The molecule has 1 rings (SSSR count). The van der Waals surface area contributed by atoms with Crippen molar-refractivity contribution in [1.29, 1.82) is 0 Å². The van der Waals surface area contributed by atoms with Crippen LogP contribution in [0.15, 0.2) is 15.4 Å². The van der Waals surface area contributed by atoms with Crippen molar-refractivity contribution >= 4 is 9.84 Å². The van der Waals surface area contributed by atoms with Gasteiger partial charge in [0.05, 0.1) is 0 Å². The maximum absolute atomic E-state index is 12.2. The van der Waals surface area contributed by atoms with Crippen LogP contribution in [0.4, 0.5) is 13.2 Å². The minimum absolute atomic E-state index is 0.0854. The van der Waals surface area contributed by atoms with Gasteiger partial charge < -0.3 is 4.42 Å². The first kappa shape index (κ1) is 11.1. The van der Waals surface area contributed by atoms with Gasteiger partial charge >= 0.3 is 6.18 Å². The third-order valence-electron chi connectivity index (χ3n) is 1.48. The van der Waals surface area contributed by atoms with Crippen LogP contribution in [0.25, 0.3) is 0 Å². The predicted molar refractivity (Wildman–Crippen MR) is 41.6 cm³/mol. The van der Waals surface area contributed by atoms with Crippen LogP contribution in [-0.2, 0) is 16.0 Å². The second kappa shape index (κ2) is 3.01. The molecule has 1 heterocycles. The third-order valence-corrected chi connectivity index (χ3v) is 2.58. The van der Waals surface area contributed by atoms with E-state index in [-0.39, 0.29) is 5.76 Å². The maximum atomic E-state index is 12.2. The van der Waals surface area contributed by atoms with Crippen LogP contribution in [0.2, 0.25) is 0 Å². The molecule has 0 N–H and O–H groups in total. The van der Waals surface area contributed by atoms with Crippen molar-refractivity contribution in [1.82, 2.24) is 0 Å². The van der Waals surface area contributed by atoms with Gasteiger partial charge in [0.2, 0.25) is 5.76 Å². The number of hydrogen-bond acceptors (Lipinski definition) is 3. The number of hydrogen-bond donors (Lipinski definition) is 0. The predicted octanol–water partition coefficient (Wildman–Crippen LogP) is 2.01. The van der Waals surface area contributed by atoms with E-state index in [4.69, 9.17) is 0 Å². The molecule has 3 nitrogen and oxygen atoms in total. The average molecular weight is 228 g/mol. The molecule has 0 aliphatic rings. The Bertz CT molecular complexity index is 441. The first-order valence-electron chi connectivity index (χ1n) is 3.50. The minimum Gasteiger partial charge on any atom is -0.455 e. The van der Waals surface area contributed by atoms with Gasteiger partial charge in [-0.1, -0.05) is 0 Å². The summed E-state index contributed by atoms with van der Waals surface area (Å²) >= 11 is 0. The molecule has 0 unspecified atom stereocenters. The van der Waals surface area contributed by atoms with Gasteiger partial charge in [0.15, 0.2) is 9.84 Å². The van der Waals surface area contributed by atoms with Crippen LogP contribution in [0.5, 0.6) is 0 Å². The summed E-state index contributed by atoms with van der Waals surface area (Å²) < 4.78 is 62.9. The van der Waals surface area contributed by atoms with E-state index >= 15 is 0 Å². The number of halogens is 3. The Morgan fingerprint density at radius 1 is 1.36 bits per heavy atom. The summed E-state index contributed by atoms with van der Waals surface area (Å²) in [5.74, 6) is -1.55. The molecule has 80 valence electrons. The highest BCUT2D eigenvalue weighted by molar-refractivity contribution is 7.90. The molecule has 1 aromatic heterocycles. The molecule has 0 aliphatic heterocycles. The van der Waals surface area contributed by atoms with E-state index in [1.807, 2.05) is 0 Å². The molecule has 7 heteroatoms. The van der Waals surface area contributed by atoms with E-state index in [0.717, 1.165) is 6.07 Å². The summed E-state index contributed by atoms with van der Waals surface area (Å²) in [4.78, 5) is -0.817. The highest BCUT2D eigenvalue weighted by Gasteiger charge is 2.40. The standard InChI is InChI=1S/C7H7F3O3S/c1-4-3-5(14(2,11)12)6(13-4)7(8,9)10/h3H,1-2H3. The van der Waals surface area contributed by atoms with E-state index in [9.17, 15) is 21.6 Å². The van der Waals surface area contributed by atoms with Gasteiger partial charge in [-0.15, -0.1) is 0 Å². The molecule has 0 saturated carbocycles. The van der Waals surface area contributed by atoms with Gasteiger partial charge in [-0.3, -0.25) is 0 Å².